The van der Waals surface area contributed by atoms with Crippen LogP contribution in [0.4, 0.5) is 10.3 Å². The molecule has 1 saturated heterocycles. The van der Waals surface area contributed by atoms with Crippen LogP contribution in [0, 0.1) is 12.7 Å². The molecule has 26 heavy (non-hydrogen) atoms. The minimum Gasteiger partial charge on any atom is -0.494 e. The average molecular weight is 362 g/mol. The number of carbonyl (C=O) groups is 1. The standard InChI is InChI=1S/C18H23FN4O3/c1-13-9-18(26-21-13)20-17(24)12-23-7-5-22(6-8-23)11-14-3-4-16(25-2)15(19)10-14/h3-4,9-10H,5-8,11-12H2,1-2H3,(H,20,24). The summed E-state index contributed by atoms with van der Waals surface area (Å²) < 4.78 is 23.7. The molecule has 0 spiro atoms. The Balaban J connectivity index is 1.43. The van der Waals surface area contributed by atoms with Crippen LogP contribution in [0.5, 0.6) is 5.75 Å². The Morgan fingerprint density at radius 1 is 1.27 bits per heavy atom. The molecule has 3 rings (SSSR count). The monoisotopic (exact) mass is 362 g/mol. The van der Waals surface area contributed by atoms with Crippen molar-refractivity contribution in [1.82, 2.24) is 15.0 Å². The summed E-state index contributed by atoms with van der Waals surface area (Å²) in [6, 6.07) is 6.72. The molecule has 7 nitrogen and oxygen atoms in total. The number of halogens is 1. The predicted molar refractivity (Wildman–Crippen MR) is 94.5 cm³/mol. The van der Waals surface area contributed by atoms with Crippen molar-refractivity contribution >= 4 is 11.8 Å². The van der Waals surface area contributed by atoms with Crippen LogP contribution in [-0.2, 0) is 11.3 Å². The van der Waals surface area contributed by atoms with E-state index in [1.165, 1.54) is 13.2 Å². The molecule has 1 N–H and O–H groups in total. The summed E-state index contributed by atoms with van der Waals surface area (Å²) in [5, 5.41) is 6.44. The Kier molecular flexibility index (Phi) is 5.85. The molecule has 0 saturated carbocycles. The van der Waals surface area contributed by atoms with Crippen LogP contribution in [0.25, 0.3) is 0 Å². The van der Waals surface area contributed by atoms with E-state index in [-0.39, 0.29) is 17.5 Å². The minimum atomic E-state index is -0.344. The maximum Gasteiger partial charge on any atom is 0.240 e. The van der Waals surface area contributed by atoms with Gasteiger partial charge in [0.15, 0.2) is 11.6 Å². The highest BCUT2D eigenvalue weighted by Crippen LogP contribution is 2.19. The lowest BCUT2D eigenvalue weighted by atomic mass is 10.2. The molecule has 1 fully saturated rings. The molecule has 1 aliphatic heterocycles. The topological polar surface area (TPSA) is 70.8 Å². The van der Waals surface area contributed by atoms with E-state index in [0.29, 0.717) is 19.0 Å². The number of aryl methyl sites for hydroxylation is 1. The third-order valence-electron chi connectivity index (χ3n) is 4.35. The van der Waals surface area contributed by atoms with Crippen LogP contribution in [0.2, 0.25) is 0 Å². The molecular weight excluding hydrogens is 339 g/mol. The number of amides is 1. The van der Waals surface area contributed by atoms with Gasteiger partial charge in [-0.2, -0.15) is 0 Å². The van der Waals surface area contributed by atoms with Crippen molar-refractivity contribution in [2.24, 2.45) is 0 Å². The number of rotatable bonds is 6. The highest BCUT2D eigenvalue weighted by molar-refractivity contribution is 5.90. The predicted octanol–water partition coefficient (Wildman–Crippen LogP) is 1.89. The second-order valence-electron chi connectivity index (χ2n) is 6.40. The zero-order valence-electron chi connectivity index (χ0n) is 15.0. The zero-order valence-corrected chi connectivity index (χ0v) is 15.0. The first kappa shape index (κ1) is 18.3. The number of nitrogens with one attached hydrogen (secondary N) is 1. The lowest BCUT2D eigenvalue weighted by molar-refractivity contribution is -0.117. The van der Waals surface area contributed by atoms with Crippen LogP contribution in [0.15, 0.2) is 28.8 Å². The lowest BCUT2D eigenvalue weighted by Gasteiger charge is -2.34. The molecule has 1 aromatic heterocycles. The van der Waals surface area contributed by atoms with Crippen molar-refractivity contribution in [3.05, 3.63) is 41.3 Å². The Morgan fingerprint density at radius 2 is 2.00 bits per heavy atom. The largest absolute Gasteiger partial charge is 0.494 e. The van der Waals surface area contributed by atoms with E-state index in [1.54, 1.807) is 19.1 Å². The van der Waals surface area contributed by atoms with E-state index in [1.807, 2.05) is 6.07 Å². The average Bonchev–Trinajstić information content (AvgIpc) is 3.01. The Bertz CT molecular complexity index is 757. The molecule has 1 aliphatic rings. The Morgan fingerprint density at radius 3 is 2.62 bits per heavy atom. The van der Waals surface area contributed by atoms with Gasteiger partial charge < -0.3 is 9.26 Å². The number of piperazine rings is 1. The number of ether oxygens (including phenoxy) is 1. The molecule has 0 radical (unpaired) electrons. The molecule has 0 atom stereocenters. The fourth-order valence-electron chi connectivity index (χ4n) is 2.97. The van der Waals surface area contributed by atoms with Crippen molar-refractivity contribution in [2.45, 2.75) is 13.5 Å². The Hall–Kier alpha value is -2.45. The molecule has 1 aromatic carbocycles. The van der Waals surface area contributed by atoms with Gasteiger partial charge in [-0.05, 0) is 24.6 Å². The van der Waals surface area contributed by atoms with Crippen molar-refractivity contribution < 1.29 is 18.4 Å². The zero-order chi connectivity index (χ0) is 18.5. The third kappa shape index (κ3) is 4.80. The highest BCUT2D eigenvalue weighted by atomic mass is 19.1. The smallest absolute Gasteiger partial charge is 0.240 e. The maximum absolute atomic E-state index is 13.8. The summed E-state index contributed by atoms with van der Waals surface area (Å²) in [6.07, 6.45) is 0. The molecule has 0 unspecified atom stereocenters. The SMILES string of the molecule is COc1ccc(CN2CCN(CC(=O)Nc3cc(C)no3)CC2)cc1F. The second kappa shape index (κ2) is 8.29. The second-order valence-corrected chi connectivity index (χ2v) is 6.40. The third-order valence-corrected chi connectivity index (χ3v) is 4.35. The van der Waals surface area contributed by atoms with Gasteiger partial charge in [0.2, 0.25) is 11.8 Å². The van der Waals surface area contributed by atoms with E-state index >= 15 is 0 Å². The van der Waals surface area contributed by atoms with Gasteiger partial charge in [0.25, 0.3) is 0 Å². The first-order valence-electron chi connectivity index (χ1n) is 8.54. The number of hydrogen-bond acceptors (Lipinski definition) is 6. The van der Waals surface area contributed by atoms with Gasteiger partial charge in [-0.25, -0.2) is 4.39 Å². The van der Waals surface area contributed by atoms with E-state index in [4.69, 9.17) is 9.26 Å². The molecule has 1 amide bonds. The number of carbonyl (C=O) groups excluding carboxylic acids is 1. The van der Waals surface area contributed by atoms with Crippen LogP contribution in [0.3, 0.4) is 0 Å². The van der Waals surface area contributed by atoms with Crippen molar-refractivity contribution in [3.63, 3.8) is 0 Å². The van der Waals surface area contributed by atoms with Gasteiger partial charge in [-0.1, -0.05) is 11.2 Å². The molecule has 0 aliphatic carbocycles. The molecule has 0 bridgehead atoms. The normalized spacial score (nSPS) is 15.8. The number of anilines is 1. The number of hydrogen-bond donors (Lipinski definition) is 1. The van der Waals surface area contributed by atoms with Crippen LogP contribution in [0.1, 0.15) is 11.3 Å². The first-order chi connectivity index (χ1) is 12.5. The summed E-state index contributed by atoms with van der Waals surface area (Å²) in [5.41, 5.74) is 1.64. The van der Waals surface area contributed by atoms with E-state index in [2.05, 4.69) is 20.3 Å². The van der Waals surface area contributed by atoms with Gasteiger partial charge in [0, 0.05) is 38.8 Å². The van der Waals surface area contributed by atoms with E-state index < -0.39 is 0 Å². The fourth-order valence-corrected chi connectivity index (χ4v) is 2.97. The first-order valence-corrected chi connectivity index (χ1v) is 8.54. The highest BCUT2D eigenvalue weighted by Gasteiger charge is 2.20. The summed E-state index contributed by atoms with van der Waals surface area (Å²) >= 11 is 0. The minimum absolute atomic E-state index is 0.119. The number of benzene rings is 1. The van der Waals surface area contributed by atoms with Gasteiger partial charge in [-0.3, -0.25) is 19.9 Å². The summed E-state index contributed by atoms with van der Waals surface area (Å²) in [5.74, 6) is 0.161. The van der Waals surface area contributed by atoms with E-state index in [0.717, 1.165) is 37.4 Å². The van der Waals surface area contributed by atoms with Crippen LogP contribution in [-0.4, -0.2) is 60.7 Å². The number of methoxy groups -OCH3 is 1. The molecular formula is C18H23FN4O3. The van der Waals surface area contributed by atoms with Gasteiger partial charge in [-0.15, -0.1) is 0 Å². The van der Waals surface area contributed by atoms with Gasteiger partial charge >= 0.3 is 0 Å². The number of aromatic nitrogens is 1. The molecule has 140 valence electrons. The maximum atomic E-state index is 13.8. The van der Waals surface area contributed by atoms with E-state index in [9.17, 15) is 9.18 Å². The summed E-state index contributed by atoms with van der Waals surface area (Å²) in [4.78, 5) is 16.4. The molecule has 2 aromatic rings. The molecule has 8 heteroatoms. The Labute approximate surface area is 151 Å². The lowest BCUT2D eigenvalue weighted by Crippen LogP contribution is -2.48. The number of nitrogens with zero attached hydrogens (tertiary/aromatic N) is 3. The molecule has 2 heterocycles. The fraction of sp³-hybridized carbons (Fsp3) is 0.444. The van der Waals surface area contributed by atoms with Gasteiger partial charge in [0.1, 0.15) is 0 Å². The van der Waals surface area contributed by atoms with Crippen molar-refractivity contribution in [3.8, 4) is 5.75 Å². The quantitative estimate of drug-likeness (QED) is 0.846. The van der Waals surface area contributed by atoms with Crippen LogP contribution < -0.4 is 10.1 Å². The summed E-state index contributed by atoms with van der Waals surface area (Å²) in [7, 11) is 1.46. The van der Waals surface area contributed by atoms with Crippen molar-refractivity contribution in [1.29, 1.82) is 0 Å². The van der Waals surface area contributed by atoms with Crippen molar-refractivity contribution in [2.75, 3.05) is 45.2 Å². The van der Waals surface area contributed by atoms with Crippen LogP contribution >= 0.6 is 0 Å². The van der Waals surface area contributed by atoms with Gasteiger partial charge in [0.05, 0.1) is 19.3 Å². The summed E-state index contributed by atoms with van der Waals surface area (Å²) in [6.45, 7) is 5.99.